The lowest BCUT2D eigenvalue weighted by Gasteiger charge is -2.17. The van der Waals surface area contributed by atoms with Crippen molar-refractivity contribution in [3.05, 3.63) is 71.0 Å². The van der Waals surface area contributed by atoms with E-state index in [2.05, 4.69) is 20.3 Å². The lowest BCUT2D eigenvalue weighted by Crippen LogP contribution is -2.12. The minimum absolute atomic E-state index is 0.221. The first kappa shape index (κ1) is 23.3. The van der Waals surface area contributed by atoms with E-state index in [1.807, 2.05) is 36.4 Å². The zero-order valence-corrected chi connectivity index (χ0v) is 19.5. The minimum atomic E-state index is 0.221. The fourth-order valence-electron chi connectivity index (χ4n) is 3.67. The summed E-state index contributed by atoms with van der Waals surface area (Å²) in [5.41, 5.74) is 1.95. The highest BCUT2D eigenvalue weighted by molar-refractivity contribution is 6.30. The van der Waals surface area contributed by atoms with Gasteiger partial charge in [0.1, 0.15) is 17.6 Å². The number of aliphatic imine (C=N–C) groups is 1. The molecule has 0 radical (unpaired) electrons. The van der Waals surface area contributed by atoms with Crippen molar-refractivity contribution in [1.82, 2.24) is 9.97 Å². The van der Waals surface area contributed by atoms with Crippen LogP contribution in [-0.4, -0.2) is 29.4 Å². The highest BCUT2D eigenvalue weighted by Crippen LogP contribution is 2.35. The second kappa shape index (κ2) is 11.3. The zero-order chi connectivity index (χ0) is 23.8. The number of rotatable bonds is 8. The largest absolute Gasteiger partial charge is 0.493 e. The standard InChI is InChI=1S/C26H24ClN5O2/c1-33-23-10-4-6-19(25(23)34-21-8-2-3-9-21)7-5-13-29-22-14-20(27)17-31-26(22)32-24-12-11-18(15-28)16-30-24/h4-7,10-14,16-17,21H,2-3,8-9H2,1H3,(H,30,31,32)/b7-5+,29-13?. The van der Waals surface area contributed by atoms with Crippen molar-refractivity contribution < 1.29 is 9.47 Å². The molecule has 0 amide bonds. The molecular formula is C26H24ClN5O2. The normalized spacial score (nSPS) is 13.9. The van der Waals surface area contributed by atoms with Gasteiger partial charge in [0.25, 0.3) is 0 Å². The molecule has 1 saturated carbocycles. The Kier molecular flexibility index (Phi) is 7.74. The first-order chi connectivity index (χ1) is 16.7. The van der Waals surface area contributed by atoms with Crippen LogP contribution in [0, 0.1) is 11.3 Å². The Morgan fingerprint density at radius 2 is 2.03 bits per heavy atom. The smallest absolute Gasteiger partial charge is 0.168 e. The van der Waals surface area contributed by atoms with Crippen molar-refractivity contribution in [2.45, 2.75) is 31.8 Å². The number of pyridine rings is 2. The van der Waals surface area contributed by atoms with Gasteiger partial charge >= 0.3 is 0 Å². The molecule has 8 heteroatoms. The van der Waals surface area contributed by atoms with Crippen LogP contribution < -0.4 is 14.8 Å². The third-order valence-electron chi connectivity index (χ3n) is 5.36. The molecule has 1 aromatic carbocycles. The number of allylic oxidation sites excluding steroid dienone is 1. The van der Waals surface area contributed by atoms with E-state index >= 15 is 0 Å². The Bertz CT molecular complexity index is 1230. The summed E-state index contributed by atoms with van der Waals surface area (Å²) in [6.45, 7) is 0. The van der Waals surface area contributed by atoms with Gasteiger partial charge in [0.15, 0.2) is 17.3 Å². The van der Waals surface area contributed by atoms with E-state index in [0.717, 1.165) is 24.2 Å². The number of ether oxygens (including phenoxy) is 2. The van der Waals surface area contributed by atoms with Gasteiger partial charge in [-0.05, 0) is 62.1 Å². The van der Waals surface area contributed by atoms with Gasteiger partial charge in [0.05, 0.1) is 23.8 Å². The molecule has 0 unspecified atom stereocenters. The molecule has 4 rings (SSSR count). The summed E-state index contributed by atoms with van der Waals surface area (Å²) in [5.74, 6) is 2.51. The molecule has 2 aromatic heterocycles. The van der Waals surface area contributed by atoms with E-state index in [1.165, 1.54) is 25.2 Å². The number of nitrogens with one attached hydrogen (secondary N) is 1. The van der Waals surface area contributed by atoms with Gasteiger partial charge in [0.2, 0.25) is 0 Å². The highest BCUT2D eigenvalue weighted by atomic mass is 35.5. The molecule has 0 atom stereocenters. The lowest BCUT2D eigenvalue weighted by molar-refractivity contribution is 0.200. The molecule has 172 valence electrons. The number of nitrogens with zero attached hydrogens (tertiary/aromatic N) is 4. The van der Waals surface area contributed by atoms with Gasteiger partial charge in [-0.2, -0.15) is 5.26 Å². The van der Waals surface area contributed by atoms with Crippen molar-refractivity contribution in [1.29, 1.82) is 5.26 Å². The third kappa shape index (κ3) is 5.91. The molecule has 7 nitrogen and oxygen atoms in total. The van der Waals surface area contributed by atoms with Crippen molar-refractivity contribution in [2.24, 2.45) is 4.99 Å². The number of methoxy groups -OCH3 is 1. The fraction of sp³-hybridized carbons (Fsp3) is 0.231. The van der Waals surface area contributed by atoms with E-state index in [0.29, 0.717) is 33.7 Å². The first-order valence-electron chi connectivity index (χ1n) is 11.0. The predicted molar refractivity (Wildman–Crippen MR) is 135 cm³/mol. The van der Waals surface area contributed by atoms with E-state index in [4.69, 9.17) is 26.3 Å². The summed E-state index contributed by atoms with van der Waals surface area (Å²) in [7, 11) is 1.65. The monoisotopic (exact) mass is 473 g/mol. The molecular weight excluding hydrogens is 450 g/mol. The number of benzene rings is 1. The van der Waals surface area contributed by atoms with Crippen LogP contribution in [0.15, 0.2) is 59.9 Å². The molecule has 1 aliphatic rings. The zero-order valence-electron chi connectivity index (χ0n) is 18.7. The van der Waals surface area contributed by atoms with Crippen LogP contribution in [0.1, 0.15) is 36.8 Å². The van der Waals surface area contributed by atoms with Crippen LogP contribution in [-0.2, 0) is 0 Å². The Morgan fingerprint density at radius 1 is 1.18 bits per heavy atom. The van der Waals surface area contributed by atoms with Crippen LogP contribution in [0.3, 0.4) is 0 Å². The van der Waals surface area contributed by atoms with E-state index in [-0.39, 0.29) is 6.10 Å². The summed E-state index contributed by atoms with van der Waals surface area (Å²) >= 11 is 6.14. The van der Waals surface area contributed by atoms with Crippen LogP contribution in [0.25, 0.3) is 6.08 Å². The summed E-state index contributed by atoms with van der Waals surface area (Å²) in [6, 6.07) is 13.0. The number of anilines is 2. The van der Waals surface area contributed by atoms with Crippen LogP contribution in [0.4, 0.5) is 17.3 Å². The molecule has 2 heterocycles. The molecule has 0 spiro atoms. The van der Waals surface area contributed by atoms with Crippen LogP contribution >= 0.6 is 11.6 Å². The SMILES string of the molecule is COc1cccc(/C=C/C=Nc2cc(Cl)cnc2Nc2ccc(C#N)cn2)c1OC1CCCC1. The van der Waals surface area contributed by atoms with Crippen LogP contribution in [0.2, 0.25) is 5.02 Å². The maximum atomic E-state index is 8.94. The fourth-order valence-corrected chi connectivity index (χ4v) is 3.82. The third-order valence-corrected chi connectivity index (χ3v) is 5.57. The molecule has 1 fully saturated rings. The van der Waals surface area contributed by atoms with E-state index in [9.17, 15) is 0 Å². The first-order valence-corrected chi connectivity index (χ1v) is 11.4. The molecule has 1 N–H and O–H groups in total. The topological polar surface area (TPSA) is 92.4 Å². The predicted octanol–water partition coefficient (Wildman–Crippen LogP) is 6.49. The minimum Gasteiger partial charge on any atom is -0.493 e. The van der Waals surface area contributed by atoms with Crippen molar-refractivity contribution in [3.63, 3.8) is 0 Å². The molecule has 0 aliphatic heterocycles. The number of hydrogen-bond donors (Lipinski definition) is 1. The number of hydrogen-bond acceptors (Lipinski definition) is 7. The molecule has 0 bridgehead atoms. The van der Waals surface area contributed by atoms with Gasteiger partial charge in [-0.25, -0.2) is 9.97 Å². The number of aromatic nitrogens is 2. The Balaban J connectivity index is 1.52. The average molecular weight is 474 g/mol. The molecule has 0 saturated heterocycles. The highest BCUT2D eigenvalue weighted by Gasteiger charge is 2.19. The Hall–Kier alpha value is -3.89. The van der Waals surface area contributed by atoms with Gasteiger partial charge < -0.3 is 14.8 Å². The summed E-state index contributed by atoms with van der Waals surface area (Å²) in [5, 5.41) is 12.5. The van der Waals surface area contributed by atoms with Crippen molar-refractivity contribution >= 4 is 41.2 Å². The van der Waals surface area contributed by atoms with Gasteiger partial charge in [0, 0.05) is 24.2 Å². The van der Waals surface area contributed by atoms with Gasteiger partial charge in [-0.15, -0.1) is 0 Å². The number of halogens is 1. The van der Waals surface area contributed by atoms with E-state index in [1.54, 1.807) is 31.5 Å². The number of para-hydroxylation sites is 1. The van der Waals surface area contributed by atoms with Crippen molar-refractivity contribution in [3.8, 4) is 17.6 Å². The average Bonchev–Trinajstić information content (AvgIpc) is 3.38. The van der Waals surface area contributed by atoms with Crippen LogP contribution in [0.5, 0.6) is 11.5 Å². The van der Waals surface area contributed by atoms with E-state index < -0.39 is 0 Å². The van der Waals surface area contributed by atoms with Gasteiger partial charge in [-0.3, -0.25) is 4.99 Å². The number of nitriles is 1. The molecule has 1 aliphatic carbocycles. The molecule has 34 heavy (non-hydrogen) atoms. The summed E-state index contributed by atoms with van der Waals surface area (Å²) in [6.07, 6.45) is 13.2. The maximum absolute atomic E-state index is 8.94. The Labute approximate surface area is 203 Å². The second-order valence-electron chi connectivity index (χ2n) is 7.73. The Morgan fingerprint density at radius 3 is 2.76 bits per heavy atom. The molecule has 3 aromatic rings. The maximum Gasteiger partial charge on any atom is 0.168 e. The summed E-state index contributed by atoms with van der Waals surface area (Å²) in [4.78, 5) is 13.1. The van der Waals surface area contributed by atoms with Crippen molar-refractivity contribution in [2.75, 3.05) is 12.4 Å². The lowest BCUT2D eigenvalue weighted by atomic mass is 10.1. The second-order valence-corrected chi connectivity index (χ2v) is 8.17. The quantitative estimate of drug-likeness (QED) is 0.376. The van der Waals surface area contributed by atoms with Gasteiger partial charge in [-0.1, -0.05) is 23.7 Å². The summed E-state index contributed by atoms with van der Waals surface area (Å²) < 4.78 is 11.8.